The largest absolute Gasteiger partial charge is 0.359 e. The second kappa shape index (κ2) is 9.64. The molecule has 0 bridgehead atoms. The van der Waals surface area contributed by atoms with E-state index in [1.54, 1.807) is 0 Å². The monoisotopic (exact) mass is 438 g/mol. The van der Waals surface area contributed by atoms with Crippen molar-refractivity contribution >= 4 is 41.7 Å². The summed E-state index contributed by atoms with van der Waals surface area (Å²) in [5, 5.41) is 10.7. The number of nitrogens with zero attached hydrogens (tertiary/aromatic N) is 2. The summed E-state index contributed by atoms with van der Waals surface area (Å²) in [4.78, 5) is 4.57. The van der Waals surface area contributed by atoms with Crippen molar-refractivity contribution in [2.24, 2.45) is 4.99 Å². The van der Waals surface area contributed by atoms with Gasteiger partial charge in [-0.3, -0.25) is 0 Å². The van der Waals surface area contributed by atoms with Gasteiger partial charge in [0.05, 0.1) is 5.69 Å². The minimum Gasteiger partial charge on any atom is -0.359 e. The molecule has 7 heteroatoms. The molecule has 0 aliphatic carbocycles. The molecule has 0 amide bonds. The van der Waals surface area contributed by atoms with Crippen molar-refractivity contribution in [3.8, 4) is 0 Å². The van der Waals surface area contributed by atoms with Gasteiger partial charge in [0.2, 0.25) is 0 Å². The molecule has 1 aliphatic heterocycles. The number of aryl methyl sites for hydroxylation is 1. The molecule has 0 aromatic carbocycles. The zero-order chi connectivity index (χ0) is 15.1. The van der Waals surface area contributed by atoms with Crippen molar-refractivity contribution in [2.75, 3.05) is 18.8 Å². The number of thioether (sulfide) groups is 1. The van der Waals surface area contributed by atoms with E-state index in [1.807, 2.05) is 6.07 Å². The molecule has 0 spiro atoms. The van der Waals surface area contributed by atoms with Crippen molar-refractivity contribution in [1.29, 1.82) is 0 Å². The van der Waals surface area contributed by atoms with Gasteiger partial charge in [-0.2, -0.15) is 11.8 Å². The third kappa shape index (κ3) is 5.98. The molecular weight excluding hydrogens is 411 g/mol. The fourth-order valence-corrected chi connectivity index (χ4v) is 3.59. The highest BCUT2D eigenvalue weighted by atomic mass is 127. The van der Waals surface area contributed by atoms with E-state index in [4.69, 9.17) is 4.52 Å². The summed E-state index contributed by atoms with van der Waals surface area (Å²) in [6.45, 7) is 8.78. The van der Waals surface area contributed by atoms with E-state index in [2.05, 4.69) is 53.3 Å². The Hall–Kier alpha value is -0.440. The quantitative estimate of drug-likeness (QED) is 0.406. The number of hydrogen-bond acceptors (Lipinski definition) is 4. The van der Waals surface area contributed by atoms with Gasteiger partial charge in [0.1, 0.15) is 6.54 Å². The summed E-state index contributed by atoms with van der Waals surface area (Å²) in [5.41, 5.74) is 0.980. The molecule has 126 valence electrons. The number of aliphatic imine (C=N–C) groups is 1. The molecule has 1 unspecified atom stereocenters. The van der Waals surface area contributed by atoms with Crippen LogP contribution in [0.2, 0.25) is 0 Å². The maximum Gasteiger partial charge on any atom is 0.191 e. The van der Waals surface area contributed by atoms with Gasteiger partial charge in [0.15, 0.2) is 11.7 Å². The standard InChI is InChI=1S/C15H26N4OS.HI/c1-4-12-9-13(20-19-12)10-17-14(16-5-2)18-11-15(3)7-6-8-21-15;/h9H,4-8,10-11H2,1-3H3,(H2,16,17,18);1H. The summed E-state index contributed by atoms with van der Waals surface area (Å²) in [6.07, 6.45) is 3.47. The van der Waals surface area contributed by atoms with Crippen LogP contribution in [0.5, 0.6) is 0 Å². The maximum absolute atomic E-state index is 5.27. The average Bonchev–Trinajstić information content (AvgIpc) is 3.11. The first-order valence-electron chi connectivity index (χ1n) is 7.76. The molecule has 1 saturated heterocycles. The van der Waals surface area contributed by atoms with Crippen LogP contribution in [0.1, 0.15) is 45.1 Å². The Morgan fingerprint density at radius 1 is 1.45 bits per heavy atom. The molecule has 1 fully saturated rings. The van der Waals surface area contributed by atoms with E-state index in [-0.39, 0.29) is 24.0 Å². The Bertz CT molecular complexity index is 472. The van der Waals surface area contributed by atoms with E-state index in [9.17, 15) is 0 Å². The Balaban J connectivity index is 0.00000242. The molecule has 1 aliphatic rings. The summed E-state index contributed by atoms with van der Waals surface area (Å²) in [6, 6.07) is 1.97. The number of hydrogen-bond donors (Lipinski definition) is 2. The second-order valence-electron chi connectivity index (χ2n) is 5.59. The summed E-state index contributed by atoms with van der Waals surface area (Å²) < 4.78 is 5.60. The van der Waals surface area contributed by atoms with Gasteiger partial charge < -0.3 is 15.2 Å². The number of nitrogens with one attached hydrogen (secondary N) is 2. The predicted molar refractivity (Wildman–Crippen MR) is 104 cm³/mol. The fraction of sp³-hybridized carbons (Fsp3) is 0.733. The van der Waals surface area contributed by atoms with Crippen molar-refractivity contribution in [2.45, 2.75) is 51.3 Å². The highest BCUT2D eigenvalue weighted by Crippen LogP contribution is 2.36. The molecule has 5 nitrogen and oxygen atoms in total. The molecule has 1 aromatic heterocycles. The Kier molecular flexibility index (Phi) is 8.59. The second-order valence-corrected chi connectivity index (χ2v) is 7.27. The Morgan fingerprint density at radius 2 is 2.27 bits per heavy atom. The smallest absolute Gasteiger partial charge is 0.191 e. The molecule has 0 radical (unpaired) electrons. The Labute approximate surface area is 154 Å². The minimum absolute atomic E-state index is 0. The first-order chi connectivity index (χ1) is 10.1. The topological polar surface area (TPSA) is 62.5 Å². The van der Waals surface area contributed by atoms with E-state index < -0.39 is 0 Å². The van der Waals surface area contributed by atoms with Crippen molar-refractivity contribution in [3.63, 3.8) is 0 Å². The van der Waals surface area contributed by atoms with Crippen LogP contribution >= 0.6 is 35.7 Å². The number of halogens is 1. The first kappa shape index (κ1) is 19.6. The van der Waals surface area contributed by atoms with Crippen LogP contribution in [0.4, 0.5) is 0 Å². The predicted octanol–water partition coefficient (Wildman–Crippen LogP) is 3.20. The lowest BCUT2D eigenvalue weighted by Crippen LogP contribution is -2.43. The van der Waals surface area contributed by atoms with Gasteiger partial charge in [-0.25, -0.2) is 4.99 Å². The number of guanidine groups is 1. The first-order valence-corrected chi connectivity index (χ1v) is 8.74. The van der Waals surface area contributed by atoms with E-state index in [0.717, 1.165) is 36.9 Å². The van der Waals surface area contributed by atoms with Gasteiger partial charge in [0, 0.05) is 23.9 Å². The SMILES string of the molecule is CCNC(=NCc1cc(CC)no1)NCC1(C)CCCS1.I. The van der Waals surface area contributed by atoms with Gasteiger partial charge >= 0.3 is 0 Å². The van der Waals surface area contributed by atoms with Crippen molar-refractivity contribution in [1.82, 2.24) is 15.8 Å². The summed E-state index contributed by atoms with van der Waals surface area (Å²) in [7, 11) is 0. The molecule has 22 heavy (non-hydrogen) atoms. The van der Waals surface area contributed by atoms with Crippen LogP contribution < -0.4 is 10.6 Å². The molecule has 1 aromatic rings. The lowest BCUT2D eigenvalue weighted by atomic mass is 10.1. The van der Waals surface area contributed by atoms with Gasteiger partial charge in [-0.05, 0) is 38.9 Å². The molecular formula is C15H27IN4OS. The summed E-state index contributed by atoms with van der Waals surface area (Å²) in [5.74, 6) is 2.93. The van der Waals surface area contributed by atoms with Gasteiger partial charge in [-0.15, -0.1) is 24.0 Å². The molecule has 0 saturated carbocycles. The maximum atomic E-state index is 5.27. The highest BCUT2D eigenvalue weighted by Gasteiger charge is 2.29. The van der Waals surface area contributed by atoms with Crippen molar-refractivity contribution < 1.29 is 4.52 Å². The van der Waals surface area contributed by atoms with E-state index in [1.165, 1.54) is 18.6 Å². The zero-order valence-electron chi connectivity index (χ0n) is 13.6. The van der Waals surface area contributed by atoms with Crippen LogP contribution in [0.25, 0.3) is 0 Å². The van der Waals surface area contributed by atoms with Crippen LogP contribution in [-0.4, -0.2) is 34.7 Å². The number of aromatic nitrogens is 1. The molecule has 2 heterocycles. The average molecular weight is 438 g/mol. The minimum atomic E-state index is 0. The normalized spacial score (nSPS) is 21.5. The number of rotatable bonds is 6. The summed E-state index contributed by atoms with van der Waals surface area (Å²) >= 11 is 2.05. The van der Waals surface area contributed by atoms with E-state index in [0.29, 0.717) is 11.3 Å². The van der Waals surface area contributed by atoms with Crippen LogP contribution in [0.15, 0.2) is 15.6 Å². The van der Waals surface area contributed by atoms with Crippen molar-refractivity contribution in [3.05, 3.63) is 17.5 Å². The Morgan fingerprint density at radius 3 is 2.86 bits per heavy atom. The lowest BCUT2D eigenvalue weighted by molar-refractivity contribution is 0.379. The van der Waals surface area contributed by atoms with Crippen LogP contribution in [-0.2, 0) is 13.0 Å². The third-order valence-electron chi connectivity index (χ3n) is 3.64. The third-order valence-corrected chi connectivity index (χ3v) is 5.18. The lowest BCUT2D eigenvalue weighted by Gasteiger charge is -2.24. The molecule has 1 atom stereocenters. The molecule has 2 rings (SSSR count). The molecule has 2 N–H and O–H groups in total. The van der Waals surface area contributed by atoms with Crippen LogP contribution in [0, 0.1) is 0 Å². The fourth-order valence-electron chi connectivity index (χ4n) is 2.34. The van der Waals surface area contributed by atoms with Gasteiger partial charge in [-0.1, -0.05) is 12.1 Å². The highest BCUT2D eigenvalue weighted by molar-refractivity contribution is 14.0. The van der Waals surface area contributed by atoms with Crippen LogP contribution in [0.3, 0.4) is 0 Å². The zero-order valence-corrected chi connectivity index (χ0v) is 16.8. The van der Waals surface area contributed by atoms with E-state index >= 15 is 0 Å². The van der Waals surface area contributed by atoms with Gasteiger partial charge in [0.25, 0.3) is 0 Å².